The summed E-state index contributed by atoms with van der Waals surface area (Å²) in [6.07, 6.45) is 4.39. The number of hydrogen-bond donors (Lipinski definition) is 2. The Morgan fingerprint density at radius 2 is 1.86 bits per heavy atom. The van der Waals surface area contributed by atoms with Crippen LogP contribution in [0.25, 0.3) is 0 Å². The topological polar surface area (TPSA) is 91.0 Å². The van der Waals surface area contributed by atoms with Crippen molar-refractivity contribution in [2.45, 2.75) is 37.7 Å². The summed E-state index contributed by atoms with van der Waals surface area (Å²) in [7, 11) is 1.70. The van der Waals surface area contributed by atoms with Crippen LogP contribution in [0.4, 0.5) is 21.0 Å². The summed E-state index contributed by atoms with van der Waals surface area (Å²) in [5, 5.41) is 5.83. The Labute approximate surface area is 164 Å². The Kier molecular flexibility index (Phi) is 4.87. The average molecular weight is 386 g/mol. The molecule has 2 saturated heterocycles. The van der Waals surface area contributed by atoms with E-state index in [1.165, 1.54) is 4.90 Å². The normalized spacial score (nSPS) is 24.7. The van der Waals surface area contributed by atoms with Crippen LogP contribution in [0.15, 0.2) is 24.3 Å². The molecule has 0 unspecified atom stereocenters. The summed E-state index contributed by atoms with van der Waals surface area (Å²) < 4.78 is 5.48. The van der Waals surface area contributed by atoms with Gasteiger partial charge in [-0.15, -0.1) is 0 Å². The third kappa shape index (κ3) is 3.76. The molecule has 2 heterocycles. The molecule has 28 heavy (non-hydrogen) atoms. The molecule has 2 aliphatic heterocycles. The highest BCUT2D eigenvalue weighted by atomic mass is 16.6. The van der Waals surface area contributed by atoms with Crippen LogP contribution in [0.5, 0.6) is 0 Å². The number of anilines is 2. The molecule has 0 radical (unpaired) electrons. The molecule has 8 heteroatoms. The van der Waals surface area contributed by atoms with E-state index in [1.807, 2.05) is 6.07 Å². The Hall–Kier alpha value is -2.77. The Balaban J connectivity index is 1.35. The number of hydrogen-bond acceptors (Lipinski definition) is 4. The van der Waals surface area contributed by atoms with Crippen molar-refractivity contribution in [2.75, 3.05) is 37.3 Å². The van der Waals surface area contributed by atoms with Gasteiger partial charge in [-0.2, -0.15) is 0 Å². The molecule has 2 N–H and O–H groups in total. The van der Waals surface area contributed by atoms with Crippen LogP contribution in [0, 0.1) is 5.92 Å². The van der Waals surface area contributed by atoms with E-state index >= 15 is 0 Å². The zero-order chi connectivity index (χ0) is 19.7. The van der Waals surface area contributed by atoms with E-state index in [0.29, 0.717) is 37.4 Å². The highest BCUT2D eigenvalue weighted by Crippen LogP contribution is 2.32. The molecular formula is C20H26N4O4. The standard InChI is InChI=1S/C20H26N4O4/c1-23-12-20(28-19(23)27)9-10-24(13-20)18(26)22-16-8-4-7-15(11-16)21-17(25)14-5-2-3-6-14/h4,7-8,11,14H,2-3,5-6,9-10,12-13H2,1H3,(H,21,25)(H,22,26)/t20-/m1/s1. The van der Waals surface area contributed by atoms with Gasteiger partial charge >= 0.3 is 12.1 Å². The lowest BCUT2D eigenvalue weighted by Gasteiger charge is -2.22. The first-order chi connectivity index (χ1) is 13.4. The maximum absolute atomic E-state index is 12.6. The largest absolute Gasteiger partial charge is 0.439 e. The van der Waals surface area contributed by atoms with Gasteiger partial charge in [0.25, 0.3) is 0 Å². The van der Waals surface area contributed by atoms with Crippen molar-refractivity contribution >= 4 is 29.4 Å². The van der Waals surface area contributed by atoms with Crippen molar-refractivity contribution in [1.82, 2.24) is 9.80 Å². The summed E-state index contributed by atoms with van der Waals surface area (Å²) in [6.45, 7) is 1.41. The Bertz CT molecular complexity index is 792. The van der Waals surface area contributed by atoms with Gasteiger partial charge in [0, 0.05) is 37.3 Å². The number of likely N-dealkylation sites (N-methyl/N-ethyl adjacent to an activating group) is 1. The van der Waals surface area contributed by atoms with Crippen molar-refractivity contribution in [3.8, 4) is 0 Å². The predicted molar refractivity (Wildman–Crippen MR) is 104 cm³/mol. The molecule has 4 amide bonds. The number of nitrogens with one attached hydrogen (secondary N) is 2. The summed E-state index contributed by atoms with van der Waals surface area (Å²) >= 11 is 0. The van der Waals surface area contributed by atoms with Crippen LogP contribution >= 0.6 is 0 Å². The molecule has 1 aliphatic carbocycles. The third-order valence-electron chi connectivity index (χ3n) is 5.85. The van der Waals surface area contributed by atoms with Crippen molar-refractivity contribution in [3.63, 3.8) is 0 Å². The highest BCUT2D eigenvalue weighted by molar-refractivity contribution is 5.94. The summed E-state index contributed by atoms with van der Waals surface area (Å²) in [5.41, 5.74) is 0.704. The quantitative estimate of drug-likeness (QED) is 0.836. The molecule has 1 saturated carbocycles. The fourth-order valence-electron chi connectivity index (χ4n) is 4.33. The zero-order valence-corrected chi connectivity index (χ0v) is 16.1. The monoisotopic (exact) mass is 386 g/mol. The van der Waals surface area contributed by atoms with Crippen LogP contribution in [-0.4, -0.2) is 60.1 Å². The number of urea groups is 1. The number of nitrogens with zero attached hydrogens (tertiary/aromatic N) is 2. The molecular weight excluding hydrogens is 360 g/mol. The van der Waals surface area contributed by atoms with Crippen LogP contribution in [0.3, 0.4) is 0 Å². The van der Waals surface area contributed by atoms with Crippen LogP contribution < -0.4 is 10.6 Å². The fraction of sp³-hybridized carbons (Fsp3) is 0.550. The molecule has 4 rings (SSSR count). The van der Waals surface area contributed by atoms with E-state index < -0.39 is 5.60 Å². The molecule has 0 bridgehead atoms. The van der Waals surface area contributed by atoms with E-state index in [0.717, 1.165) is 25.7 Å². The lowest BCUT2D eigenvalue weighted by Crippen LogP contribution is -2.40. The van der Waals surface area contributed by atoms with Gasteiger partial charge in [0.05, 0.1) is 13.1 Å². The van der Waals surface area contributed by atoms with Gasteiger partial charge in [0.2, 0.25) is 5.91 Å². The summed E-state index contributed by atoms with van der Waals surface area (Å²) in [4.78, 5) is 39.8. The molecule has 150 valence electrons. The Morgan fingerprint density at radius 1 is 1.14 bits per heavy atom. The van der Waals surface area contributed by atoms with E-state index in [2.05, 4.69) is 10.6 Å². The first kappa shape index (κ1) is 18.6. The molecule has 3 aliphatic rings. The van der Waals surface area contributed by atoms with Gasteiger partial charge in [-0.25, -0.2) is 9.59 Å². The second-order valence-electron chi connectivity index (χ2n) is 8.06. The zero-order valence-electron chi connectivity index (χ0n) is 16.1. The molecule has 1 aromatic carbocycles. The SMILES string of the molecule is CN1C[C@@]2(CCN(C(=O)Nc3cccc(NC(=O)C4CCCC4)c3)C2)OC1=O. The summed E-state index contributed by atoms with van der Waals surface area (Å²) in [5.74, 6) is 0.140. The number of amides is 4. The Morgan fingerprint density at radius 3 is 2.54 bits per heavy atom. The van der Waals surface area contributed by atoms with Gasteiger partial charge in [-0.1, -0.05) is 18.9 Å². The summed E-state index contributed by atoms with van der Waals surface area (Å²) in [6, 6.07) is 6.94. The second-order valence-corrected chi connectivity index (χ2v) is 8.06. The number of rotatable bonds is 3. The minimum absolute atomic E-state index is 0.0506. The third-order valence-corrected chi connectivity index (χ3v) is 5.85. The lowest BCUT2D eigenvalue weighted by molar-refractivity contribution is -0.119. The second kappa shape index (κ2) is 7.33. The van der Waals surface area contributed by atoms with E-state index in [1.54, 1.807) is 30.1 Å². The van der Waals surface area contributed by atoms with Crippen molar-refractivity contribution in [3.05, 3.63) is 24.3 Å². The van der Waals surface area contributed by atoms with E-state index in [-0.39, 0.29) is 23.9 Å². The van der Waals surface area contributed by atoms with Crippen molar-refractivity contribution in [1.29, 1.82) is 0 Å². The maximum Gasteiger partial charge on any atom is 0.410 e. The average Bonchev–Trinajstić information content (AvgIpc) is 3.37. The van der Waals surface area contributed by atoms with Crippen LogP contribution in [0.2, 0.25) is 0 Å². The van der Waals surface area contributed by atoms with Crippen molar-refractivity contribution < 1.29 is 19.1 Å². The van der Waals surface area contributed by atoms with Gasteiger partial charge < -0.3 is 25.2 Å². The van der Waals surface area contributed by atoms with Gasteiger partial charge in [-0.3, -0.25) is 4.79 Å². The molecule has 1 aromatic rings. The van der Waals surface area contributed by atoms with E-state index in [9.17, 15) is 14.4 Å². The van der Waals surface area contributed by atoms with Gasteiger partial charge in [0.1, 0.15) is 0 Å². The lowest BCUT2D eigenvalue weighted by atomic mass is 10.0. The number of carbonyl (C=O) groups excluding carboxylic acids is 3. The molecule has 1 atom stereocenters. The first-order valence-electron chi connectivity index (χ1n) is 9.85. The van der Waals surface area contributed by atoms with E-state index in [4.69, 9.17) is 4.74 Å². The first-order valence-corrected chi connectivity index (χ1v) is 9.85. The number of likely N-dealkylation sites (tertiary alicyclic amines) is 1. The number of benzene rings is 1. The fourth-order valence-corrected chi connectivity index (χ4v) is 4.33. The van der Waals surface area contributed by atoms with Crippen molar-refractivity contribution in [2.24, 2.45) is 5.92 Å². The van der Waals surface area contributed by atoms with Gasteiger partial charge in [-0.05, 0) is 31.0 Å². The smallest absolute Gasteiger partial charge is 0.410 e. The number of ether oxygens (including phenoxy) is 1. The molecule has 8 nitrogen and oxygen atoms in total. The van der Waals surface area contributed by atoms with Crippen LogP contribution in [-0.2, 0) is 9.53 Å². The molecule has 0 aromatic heterocycles. The number of carbonyl (C=O) groups is 3. The highest BCUT2D eigenvalue weighted by Gasteiger charge is 2.49. The molecule has 3 fully saturated rings. The minimum Gasteiger partial charge on any atom is -0.439 e. The van der Waals surface area contributed by atoms with Crippen LogP contribution in [0.1, 0.15) is 32.1 Å². The predicted octanol–water partition coefficient (Wildman–Crippen LogP) is 2.87. The van der Waals surface area contributed by atoms with Gasteiger partial charge in [0.15, 0.2) is 5.60 Å². The minimum atomic E-state index is -0.597. The molecule has 1 spiro atoms. The maximum atomic E-state index is 12.6.